The predicted molar refractivity (Wildman–Crippen MR) is 124 cm³/mol. The second-order valence-corrected chi connectivity index (χ2v) is 8.36. The SMILES string of the molecule is Cc1ccc(C(CC(=O)OC(C)C)NC(=O)c2ccc(CNC(=O)NC(C)C)cc2)cc1. The molecule has 172 valence electrons. The summed E-state index contributed by atoms with van der Waals surface area (Å²) in [6.45, 7) is 9.69. The Morgan fingerprint density at radius 1 is 0.875 bits per heavy atom. The summed E-state index contributed by atoms with van der Waals surface area (Å²) in [5, 5.41) is 8.48. The number of carbonyl (C=O) groups excluding carboxylic acids is 3. The van der Waals surface area contributed by atoms with E-state index in [4.69, 9.17) is 4.74 Å². The van der Waals surface area contributed by atoms with Crippen molar-refractivity contribution in [3.63, 3.8) is 0 Å². The minimum absolute atomic E-state index is 0.0416. The average molecular weight is 440 g/mol. The van der Waals surface area contributed by atoms with Gasteiger partial charge in [-0.15, -0.1) is 0 Å². The van der Waals surface area contributed by atoms with Crippen LogP contribution in [0.2, 0.25) is 0 Å². The molecule has 7 nitrogen and oxygen atoms in total. The van der Waals surface area contributed by atoms with E-state index in [1.165, 1.54) is 0 Å². The molecule has 1 atom stereocenters. The van der Waals surface area contributed by atoms with Crippen LogP contribution in [0.1, 0.15) is 67.2 Å². The molecule has 0 radical (unpaired) electrons. The summed E-state index contributed by atoms with van der Waals surface area (Å²) in [7, 11) is 0. The molecule has 2 aromatic rings. The third kappa shape index (κ3) is 8.41. The van der Waals surface area contributed by atoms with Crippen LogP contribution in [0.3, 0.4) is 0 Å². The number of hydrogen-bond donors (Lipinski definition) is 3. The van der Waals surface area contributed by atoms with Crippen LogP contribution in [0.5, 0.6) is 0 Å². The highest BCUT2D eigenvalue weighted by Gasteiger charge is 2.21. The lowest BCUT2D eigenvalue weighted by Crippen LogP contribution is -2.39. The van der Waals surface area contributed by atoms with Crippen molar-refractivity contribution in [2.24, 2.45) is 0 Å². The molecular weight excluding hydrogens is 406 g/mol. The first kappa shape index (κ1) is 24.9. The molecule has 32 heavy (non-hydrogen) atoms. The predicted octanol–water partition coefficient (Wildman–Crippen LogP) is 4.02. The van der Waals surface area contributed by atoms with E-state index in [0.29, 0.717) is 12.1 Å². The highest BCUT2D eigenvalue weighted by molar-refractivity contribution is 5.94. The van der Waals surface area contributed by atoms with Gasteiger partial charge in [-0.3, -0.25) is 9.59 Å². The van der Waals surface area contributed by atoms with Crippen LogP contribution in [0.25, 0.3) is 0 Å². The molecule has 3 N–H and O–H groups in total. The van der Waals surface area contributed by atoms with Crippen molar-refractivity contribution < 1.29 is 19.1 Å². The fourth-order valence-electron chi connectivity index (χ4n) is 3.04. The highest BCUT2D eigenvalue weighted by atomic mass is 16.5. The van der Waals surface area contributed by atoms with Crippen LogP contribution < -0.4 is 16.0 Å². The van der Waals surface area contributed by atoms with Crippen molar-refractivity contribution in [2.45, 2.75) is 65.8 Å². The highest BCUT2D eigenvalue weighted by Crippen LogP contribution is 2.20. The second-order valence-electron chi connectivity index (χ2n) is 8.36. The first-order valence-corrected chi connectivity index (χ1v) is 10.8. The number of nitrogens with one attached hydrogen (secondary N) is 3. The molecule has 1 unspecified atom stereocenters. The van der Waals surface area contributed by atoms with Gasteiger partial charge < -0.3 is 20.7 Å². The van der Waals surface area contributed by atoms with E-state index in [1.807, 2.05) is 45.0 Å². The molecule has 0 fully saturated rings. The molecule has 0 spiro atoms. The zero-order valence-electron chi connectivity index (χ0n) is 19.4. The Hall–Kier alpha value is -3.35. The van der Waals surface area contributed by atoms with Crippen LogP contribution >= 0.6 is 0 Å². The average Bonchev–Trinajstić information content (AvgIpc) is 2.71. The number of hydrogen-bond acceptors (Lipinski definition) is 4. The maximum absolute atomic E-state index is 12.9. The van der Waals surface area contributed by atoms with Gasteiger partial charge >= 0.3 is 12.0 Å². The summed E-state index contributed by atoms with van der Waals surface area (Å²) < 4.78 is 5.27. The number of carbonyl (C=O) groups is 3. The van der Waals surface area contributed by atoms with Crippen molar-refractivity contribution in [3.8, 4) is 0 Å². The Labute approximate surface area is 189 Å². The zero-order valence-corrected chi connectivity index (χ0v) is 19.4. The lowest BCUT2D eigenvalue weighted by Gasteiger charge is -2.20. The van der Waals surface area contributed by atoms with Gasteiger partial charge in [-0.2, -0.15) is 0 Å². The molecule has 0 heterocycles. The molecule has 0 aliphatic carbocycles. The summed E-state index contributed by atoms with van der Waals surface area (Å²) in [5.41, 5.74) is 3.27. The van der Waals surface area contributed by atoms with Crippen LogP contribution in [0.15, 0.2) is 48.5 Å². The Kier molecular flexibility index (Phi) is 9.25. The Balaban J connectivity index is 2.05. The molecule has 7 heteroatoms. The molecular formula is C25H33N3O4. The smallest absolute Gasteiger partial charge is 0.315 e. The van der Waals surface area contributed by atoms with Crippen molar-refractivity contribution in [3.05, 3.63) is 70.8 Å². The number of benzene rings is 2. The van der Waals surface area contributed by atoms with Crippen molar-refractivity contribution >= 4 is 17.9 Å². The lowest BCUT2D eigenvalue weighted by molar-refractivity contribution is -0.147. The summed E-state index contributed by atoms with van der Waals surface area (Å²) in [6.07, 6.45) is -0.180. The molecule has 0 aliphatic rings. The van der Waals surface area contributed by atoms with E-state index < -0.39 is 6.04 Å². The van der Waals surface area contributed by atoms with E-state index >= 15 is 0 Å². The van der Waals surface area contributed by atoms with E-state index in [2.05, 4.69) is 16.0 Å². The van der Waals surface area contributed by atoms with Gasteiger partial charge in [-0.05, 0) is 57.9 Å². The minimum Gasteiger partial charge on any atom is -0.463 e. The first-order valence-electron chi connectivity index (χ1n) is 10.8. The van der Waals surface area contributed by atoms with Crippen LogP contribution in [-0.2, 0) is 16.1 Å². The molecule has 2 aromatic carbocycles. The fraction of sp³-hybridized carbons (Fsp3) is 0.400. The molecule has 0 aromatic heterocycles. The monoisotopic (exact) mass is 439 g/mol. The lowest BCUT2D eigenvalue weighted by atomic mass is 10.0. The molecule has 2 rings (SSSR count). The summed E-state index contributed by atoms with van der Waals surface area (Å²) in [6, 6.07) is 14.0. The number of ether oxygens (including phenoxy) is 1. The number of esters is 1. The number of aryl methyl sites for hydroxylation is 1. The van der Waals surface area contributed by atoms with Crippen LogP contribution in [0.4, 0.5) is 4.79 Å². The summed E-state index contributed by atoms with van der Waals surface area (Å²) >= 11 is 0. The summed E-state index contributed by atoms with van der Waals surface area (Å²) in [4.78, 5) is 36.8. The number of urea groups is 1. The zero-order chi connectivity index (χ0) is 23.7. The molecule has 0 saturated carbocycles. The fourth-order valence-corrected chi connectivity index (χ4v) is 3.04. The van der Waals surface area contributed by atoms with Gasteiger partial charge in [0.05, 0.1) is 18.6 Å². The van der Waals surface area contributed by atoms with E-state index in [-0.39, 0.29) is 36.5 Å². The van der Waals surface area contributed by atoms with Gasteiger partial charge in [-0.1, -0.05) is 42.0 Å². The standard InChI is InChI=1S/C25H33N3O4/c1-16(2)27-25(31)26-15-19-8-12-21(13-9-19)24(30)28-22(14-23(29)32-17(3)4)20-10-6-18(5)7-11-20/h6-13,16-17,22H,14-15H2,1-5H3,(H,28,30)(H2,26,27,31). The second kappa shape index (κ2) is 11.9. The molecule has 3 amide bonds. The maximum Gasteiger partial charge on any atom is 0.315 e. The van der Waals surface area contributed by atoms with Gasteiger partial charge in [0.15, 0.2) is 0 Å². The van der Waals surface area contributed by atoms with Gasteiger partial charge in [0.1, 0.15) is 0 Å². The van der Waals surface area contributed by atoms with E-state index in [1.54, 1.807) is 38.1 Å². The molecule has 0 saturated heterocycles. The first-order chi connectivity index (χ1) is 15.1. The van der Waals surface area contributed by atoms with Crippen molar-refractivity contribution in [1.29, 1.82) is 0 Å². The van der Waals surface area contributed by atoms with Crippen LogP contribution in [0, 0.1) is 6.92 Å². The quantitative estimate of drug-likeness (QED) is 0.514. The Morgan fingerprint density at radius 2 is 1.50 bits per heavy atom. The van der Waals surface area contributed by atoms with Gasteiger partial charge in [0, 0.05) is 18.2 Å². The number of rotatable bonds is 9. The number of amides is 3. The van der Waals surface area contributed by atoms with Crippen molar-refractivity contribution in [1.82, 2.24) is 16.0 Å². The molecule has 0 bridgehead atoms. The Bertz CT molecular complexity index is 906. The van der Waals surface area contributed by atoms with Gasteiger partial charge in [0.25, 0.3) is 5.91 Å². The van der Waals surface area contributed by atoms with E-state index in [0.717, 1.165) is 16.7 Å². The van der Waals surface area contributed by atoms with Gasteiger partial charge in [-0.25, -0.2) is 4.79 Å². The minimum atomic E-state index is -0.504. The largest absolute Gasteiger partial charge is 0.463 e. The normalized spacial score (nSPS) is 11.7. The molecule has 0 aliphatic heterocycles. The van der Waals surface area contributed by atoms with Gasteiger partial charge in [0.2, 0.25) is 0 Å². The van der Waals surface area contributed by atoms with Crippen LogP contribution in [-0.4, -0.2) is 30.1 Å². The Morgan fingerprint density at radius 3 is 2.06 bits per heavy atom. The third-order valence-corrected chi connectivity index (χ3v) is 4.61. The van der Waals surface area contributed by atoms with E-state index in [9.17, 15) is 14.4 Å². The third-order valence-electron chi connectivity index (χ3n) is 4.61. The van der Waals surface area contributed by atoms with Crippen molar-refractivity contribution in [2.75, 3.05) is 0 Å². The maximum atomic E-state index is 12.9. The summed E-state index contributed by atoms with van der Waals surface area (Å²) in [5.74, 6) is -0.656. The topological polar surface area (TPSA) is 96.5 Å².